The van der Waals surface area contributed by atoms with Crippen molar-refractivity contribution in [2.75, 3.05) is 7.11 Å². The topological polar surface area (TPSA) is 106 Å². The van der Waals surface area contributed by atoms with Gasteiger partial charge in [-0.25, -0.2) is 10.2 Å². The first-order chi connectivity index (χ1) is 15.5. The fraction of sp³-hybridized carbons (Fsp3) is 0.0870. The van der Waals surface area contributed by atoms with Crippen molar-refractivity contribution in [1.29, 1.82) is 0 Å². The number of methoxy groups -OCH3 is 1. The number of ether oxygens (including phenoxy) is 1. The van der Waals surface area contributed by atoms with Crippen LogP contribution in [-0.4, -0.2) is 34.9 Å². The van der Waals surface area contributed by atoms with Gasteiger partial charge in [0, 0.05) is 27.1 Å². The Balaban J connectivity index is 1.57. The van der Waals surface area contributed by atoms with Gasteiger partial charge in [-0.2, -0.15) is 5.10 Å². The van der Waals surface area contributed by atoms with Crippen molar-refractivity contribution < 1.29 is 23.8 Å². The Morgan fingerprint density at radius 1 is 1.22 bits per heavy atom. The number of aromatic nitrogens is 1. The van der Waals surface area contributed by atoms with Crippen LogP contribution in [0.3, 0.4) is 0 Å². The van der Waals surface area contributed by atoms with E-state index < -0.39 is 11.9 Å². The third-order valence-electron chi connectivity index (χ3n) is 4.79. The van der Waals surface area contributed by atoms with Crippen molar-refractivity contribution in [2.24, 2.45) is 5.10 Å². The molecule has 0 bridgehead atoms. The number of hydrazone groups is 1. The highest BCUT2D eigenvalue weighted by atomic mass is 79.9. The van der Waals surface area contributed by atoms with Crippen LogP contribution < -0.4 is 10.2 Å². The lowest BCUT2D eigenvalue weighted by Gasteiger charge is -2.07. The maximum atomic E-state index is 12.5. The zero-order chi connectivity index (χ0) is 22.7. The molecule has 9 heteroatoms. The first kappa shape index (κ1) is 21.4. The molecule has 2 aromatic heterocycles. The van der Waals surface area contributed by atoms with E-state index in [9.17, 15) is 9.59 Å². The van der Waals surface area contributed by atoms with Crippen LogP contribution in [0.1, 0.15) is 32.2 Å². The molecule has 0 atom stereocenters. The van der Waals surface area contributed by atoms with E-state index in [1.807, 2.05) is 35.0 Å². The number of rotatable bonds is 7. The van der Waals surface area contributed by atoms with Gasteiger partial charge in [0.15, 0.2) is 0 Å². The summed E-state index contributed by atoms with van der Waals surface area (Å²) >= 11 is 3.35. The molecule has 32 heavy (non-hydrogen) atoms. The molecule has 162 valence electrons. The van der Waals surface area contributed by atoms with Gasteiger partial charge in [-0.05, 0) is 36.4 Å². The van der Waals surface area contributed by atoms with Crippen molar-refractivity contribution in [3.8, 4) is 5.75 Å². The van der Waals surface area contributed by atoms with Crippen LogP contribution in [0.15, 0.2) is 74.8 Å². The minimum absolute atomic E-state index is 0.107. The maximum Gasteiger partial charge on any atom is 0.371 e. The van der Waals surface area contributed by atoms with Gasteiger partial charge < -0.3 is 18.8 Å². The number of hydrogen-bond donors (Lipinski definition) is 2. The fourth-order valence-corrected chi connectivity index (χ4v) is 3.69. The standard InChI is InChI=1S/C23H18BrN3O5/c1-31-20-8-6-15(24)10-18(20)22(28)26-25-11-14-12-27(19-5-3-2-4-17(14)19)13-16-7-9-21(32-16)23(29)30/h2-12H,13H2,1H3,(H,26,28)(H,29,30)/b25-11-. The molecule has 1 amide bonds. The second kappa shape index (κ2) is 9.11. The number of amides is 1. The van der Waals surface area contributed by atoms with Gasteiger partial charge in [-0.3, -0.25) is 4.79 Å². The van der Waals surface area contributed by atoms with Crippen molar-refractivity contribution in [3.05, 3.63) is 87.9 Å². The molecule has 0 saturated carbocycles. The van der Waals surface area contributed by atoms with Gasteiger partial charge in [0.05, 0.1) is 25.4 Å². The van der Waals surface area contributed by atoms with Gasteiger partial charge in [-0.1, -0.05) is 34.1 Å². The predicted molar refractivity (Wildman–Crippen MR) is 122 cm³/mol. The summed E-state index contributed by atoms with van der Waals surface area (Å²) < 4.78 is 13.3. The number of fused-ring (bicyclic) bond motifs is 1. The number of carboxylic acid groups (broad SMARTS) is 1. The summed E-state index contributed by atoms with van der Waals surface area (Å²) in [7, 11) is 1.50. The molecule has 2 heterocycles. The minimum Gasteiger partial charge on any atom is -0.496 e. The molecular formula is C23H18BrN3O5. The number of benzene rings is 2. The Kier molecular flexibility index (Phi) is 6.09. The van der Waals surface area contributed by atoms with Gasteiger partial charge in [0.2, 0.25) is 5.76 Å². The largest absolute Gasteiger partial charge is 0.496 e. The molecule has 0 aliphatic carbocycles. The number of para-hydroxylation sites is 1. The summed E-state index contributed by atoms with van der Waals surface area (Å²) in [6.07, 6.45) is 3.43. The number of hydrogen-bond acceptors (Lipinski definition) is 5. The van der Waals surface area contributed by atoms with Crippen LogP contribution in [0.2, 0.25) is 0 Å². The molecular weight excluding hydrogens is 478 g/mol. The Bertz CT molecular complexity index is 1340. The van der Waals surface area contributed by atoms with Crippen molar-refractivity contribution >= 4 is 44.9 Å². The number of carboxylic acids is 1. The van der Waals surface area contributed by atoms with E-state index in [0.29, 0.717) is 23.6 Å². The molecule has 2 aromatic carbocycles. The number of nitrogens with one attached hydrogen (secondary N) is 1. The maximum absolute atomic E-state index is 12.5. The first-order valence-corrected chi connectivity index (χ1v) is 10.3. The molecule has 0 aliphatic heterocycles. The van der Waals surface area contributed by atoms with Crippen LogP contribution in [0.4, 0.5) is 0 Å². The van der Waals surface area contributed by atoms with Gasteiger partial charge in [-0.15, -0.1) is 0 Å². The lowest BCUT2D eigenvalue weighted by molar-refractivity contribution is 0.0660. The Morgan fingerprint density at radius 2 is 2.03 bits per heavy atom. The molecule has 8 nitrogen and oxygen atoms in total. The van der Waals surface area contributed by atoms with Crippen LogP contribution >= 0.6 is 15.9 Å². The first-order valence-electron chi connectivity index (χ1n) is 9.53. The van der Waals surface area contributed by atoms with Crippen molar-refractivity contribution in [3.63, 3.8) is 0 Å². The molecule has 0 spiro atoms. The molecule has 0 fully saturated rings. The summed E-state index contributed by atoms with van der Waals surface area (Å²) in [4.78, 5) is 23.6. The van der Waals surface area contributed by atoms with Gasteiger partial charge >= 0.3 is 5.97 Å². The summed E-state index contributed by atoms with van der Waals surface area (Å²) in [6.45, 7) is 0.350. The SMILES string of the molecule is COc1ccc(Br)cc1C(=O)N/N=C\c1cn(Cc2ccc(C(=O)O)o2)c2ccccc12. The summed E-state index contributed by atoms with van der Waals surface area (Å²) in [5.74, 6) is -0.665. The highest BCUT2D eigenvalue weighted by Gasteiger charge is 2.14. The van der Waals surface area contributed by atoms with Crippen molar-refractivity contribution in [2.45, 2.75) is 6.54 Å². The summed E-state index contributed by atoms with van der Waals surface area (Å²) in [5, 5.41) is 14.1. The summed E-state index contributed by atoms with van der Waals surface area (Å²) in [5.41, 5.74) is 4.58. The number of aromatic carboxylic acids is 1. The Labute approximate surface area is 191 Å². The molecule has 0 saturated heterocycles. The number of halogens is 1. The third kappa shape index (κ3) is 4.42. The number of furan rings is 1. The number of nitrogens with zero attached hydrogens (tertiary/aromatic N) is 2. The van der Waals surface area contributed by atoms with E-state index in [1.54, 1.807) is 30.5 Å². The smallest absolute Gasteiger partial charge is 0.371 e. The van der Waals surface area contributed by atoms with Crippen molar-refractivity contribution in [1.82, 2.24) is 9.99 Å². The molecule has 0 radical (unpaired) electrons. The van der Waals surface area contributed by atoms with E-state index in [4.69, 9.17) is 14.3 Å². The minimum atomic E-state index is -1.11. The Morgan fingerprint density at radius 3 is 2.78 bits per heavy atom. The number of carbonyl (C=O) groups excluding carboxylic acids is 1. The highest BCUT2D eigenvalue weighted by molar-refractivity contribution is 9.10. The van der Waals surface area contributed by atoms with E-state index in [-0.39, 0.29) is 5.76 Å². The van der Waals surface area contributed by atoms with Crippen LogP contribution in [0.25, 0.3) is 10.9 Å². The lowest BCUT2D eigenvalue weighted by Crippen LogP contribution is -2.18. The third-order valence-corrected chi connectivity index (χ3v) is 5.29. The molecule has 0 aliphatic rings. The second-order valence-corrected chi connectivity index (χ2v) is 7.76. The second-order valence-electron chi connectivity index (χ2n) is 6.84. The normalized spacial score (nSPS) is 11.2. The van der Waals surface area contributed by atoms with Gasteiger partial charge in [0.25, 0.3) is 5.91 Å². The quantitative estimate of drug-likeness (QED) is 0.289. The van der Waals surface area contributed by atoms with E-state index in [2.05, 4.69) is 26.5 Å². The molecule has 4 aromatic rings. The van der Waals surface area contributed by atoms with E-state index >= 15 is 0 Å². The molecule has 2 N–H and O–H groups in total. The Hall–Kier alpha value is -3.85. The average Bonchev–Trinajstić information content (AvgIpc) is 3.39. The highest BCUT2D eigenvalue weighted by Crippen LogP contribution is 2.24. The predicted octanol–water partition coefficient (Wildman–Crippen LogP) is 4.52. The van der Waals surface area contributed by atoms with Gasteiger partial charge in [0.1, 0.15) is 11.5 Å². The monoisotopic (exact) mass is 495 g/mol. The van der Waals surface area contributed by atoms with Crippen LogP contribution in [-0.2, 0) is 6.54 Å². The molecule has 4 rings (SSSR count). The van der Waals surface area contributed by atoms with Crippen LogP contribution in [0, 0.1) is 0 Å². The number of carbonyl (C=O) groups is 2. The molecule has 0 unspecified atom stereocenters. The zero-order valence-corrected chi connectivity index (χ0v) is 18.5. The fourth-order valence-electron chi connectivity index (χ4n) is 3.33. The van der Waals surface area contributed by atoms with E-state index in [1.165, 1.54) is 13.2 Å². The summed E-state index contributed by atoms with van der Waals surface area (Å²) in [6, 6.07) is 15.9. The lowest BCUT2D eigenvalue weighted by atomic mass is 10.2. The van der Waals surface area contributed by atoms with E-state index in [0.717, 1.165) is 20.9 Å². The van der Waals surface area contributed by atoms with Crippen LogP contribution in [0.5, 0.6) is 5.75 Å². The zero-order valence-electron chi connectivity index (χ0n) is 16.9. The average molecular weight is 496 g/mol.